The molecule has 0 heterocycles. The molecule has 24 heavy (non-hydrogen) atoms. The van der Waals surface area contributed by atoms with Gasteiger partial charge in [0.2, 0.25) is 0 Å². The second-order valence-corrected chi connectivity index (χ2v) is 5.39. The van der Waals surface area contributed by atoms with Crippen LogP contribution in [0.15, 0.2) is 10.3 Å². The Morgan fingerprint density at radius 2 is 1.12 bits per heavy atom. The first-order chi connectivity index (χ1) is 11.5. The smallest absolute Gasteiger partial charge is 0.320 e. The summed E-state index contributed by atoms with van der Waals surface area (Å²) in [5.74, 6) is 0. The third-order valence-corrected chi connectivity index (χ3v) is 3.23. The van der Waals surface area contributed by atoms with Crippen LogP contribution in [-0.4, -0.2) is 36.7 Å². The standard InChI is InChI=1S/C16H30N4O4/c1-5-13(3)19-23-15(21)17-11-9-7-8-10-12-18-16(22)24-20-14(4)6-2/h5-12H2,1-4H3,(H,17,21)(H,18,22)/b19-13-,20-14+. The highest BCUT2D eigenvalue weighted by atomic mass is 16.7. The predicted molar refractivity (Wildman–Crippen MR) is 94.2 cm³/mol. The van der Waals surface area contributed by atoms with Crippen molar-refractivity contribution in [2.75, 3.05) is 13.1 Å². The second kappa shape index (κ2) is 14.5. The lowest BCUT2D eigenvalue weighted by atomic mass is 10.2. The first-order valence-electron chi connectivity index (χ1n) is 8.46. The molecule has 0 aromatic carbocycles. The molecule has 2 amide bonds. The van der Waals surface area contributed by atoms with Crippen LogP contribution in [0.4, 0.5) is 9.59 Å². The van der Waals surface area contributed by atoms with E-state index >= 15 is 0 Å². The summed E-state index contributed by atoms with van der Waals surface area (Å²) in [6.45, 7) is 8.56. The molecule has 0 spiro atoms. The second-order valence-electron chi connectivity index (χ2n) is 5.39. The van der Waals surface area contributed by atoms with Crippen molar-refractivity contribution < 1.29 is 19.3 Å². The summed E-state index contributed by atoms with van der Waals surface area (Å²) in [5.41, 5.74) is 1.54. The molecular weight excluding hydrogens is 312 g/mol. The molecule has 8 heteroatoms. The van der Waals surface area contributed by atoms with E-state index in [1.807, 2.05) is 13.8 Å². The van der Waals surface area contributed by atoms with Gasteiger partial charge in [-0.25, -0.2) is 9.59 Å². The van der Waals surface area contributed by atoms with Crippen LogP contribution in [0.5, 0.6) is 0 Å². The van der Waals surface area contributed by atoms with Crippen molar-refractivity contribution in [3.8, 4) is 0 Å². The Hall–Kier alpha value is -2.12. The molecule has 0 aliphatic rings. The molecule has 0 unspecified atom stereocenters. The van der Waals surface area contributed by atoms with Crippen molar-refractivity contribution in [3.05, 3.63) is 0 Å². The highest BCUT2D eigenvalue weighted by molar-refractivity contribution is 5.82. The van der Waals surface area contributed by atoms with Crippen LogP contribution >= 0.6 is 0 Å². The number of carbonyl (C=O) groups excluding carboxylic acids is 2. The fourth-order valence-corrected chi connectivity index (χ4v) is 1.42. The van der Waals surface area contributed by atoms with E-state index in [2.05, 4.69) is 30.6 Å². The maximum absolute atomic E-state index is 11.3. The Kier molecular flexibility index (Phi) is 13.2. The number of rotatable bonds is 11. The lowest BCUT2D eigenvalue weighted by Gasteiger charge is -2.05. The van der Waals surface area contributed by atoms with Gasteiger partial charge in [0, 0.05) is 13.1 Å². The van der Waals surface area contributed by atoms with Crippen LogP contribution in [0, 0.1) is 0 Å². The maximum atomic E-state index is 11.3. The van der Waals surface area contributed by atoms with E-state index in [1.54, 1.807) is 13.8 Å². The lowest BCUT2D eigenvalue weighted by Crippen LogP contribution is -2.25. The third-order valence-electron chi connectivity index (χ3n) is 3.23. The van der Waals surface area contributed by atoms with Crippen molar-refractivity contribution in [2.24, 2.45) is 10.3 Å². The molecule has 0 aliphatic carbocycles. The average molecular weight is 342 g/mol. The molecule has 0 fully saturated rings. The Balaban J connectivity index is 3.48. The van der Waals surface area contributed by atoms with Gasteiger partial charge in [-0.15, -0.1) is 0 Å². The van der Waals surface area contributed by atoms with E-state index in [9.17, 15) is 9.59 Å². The van der Waals surface area contributed by atoms with Crippen LogP contribution in [-0.2, 0) is 9.68 Å². The lowest BCUT2D eigenvalue weighted by molar-refractivity contribution is 0.149. The summed E-state index contributed by atoms with van der Waals surface area (Å²) in [6.07, 6.45) is 4.01. The van der Waals surface area contributed by atoms with Gasteiger partial charge in [-0.1, -0.05) is 37.0 Å². The molecule has 0 saturated carbocycles. The molecule has 0 atom stereocenters. The van der Waals surface area contributed by atoms with Crippen molar-refractivity contribution in [2.45, 2.75) is 66.2 Å². The summed E-state index contributed by atoms with van der Waals surface area (Å²) < 4.78 is 0. The average Bonchev–Trinajstić information content (AvgIpc) is 2.59. The fourth-order valence-electron chi connectivity index (χ4n) is 1.42. The van der Waals surface area contributed by atoms with Crippen LogP contribution in [0.3, 0.4) is 0 Å². The number of unbranched alkanes of at least 4 members (excludes halogenated alkanes) is 3. The minimum absolute atomic E-state index is 0.532. The maximum Gasteiger partial charge on any atom is 0.433 e. The zero-order chi connectivity index (χ0) is 18.2. The molecule has 0 aromatic rings. The van der Waals surface area contributed by atoms with E-state index in [-0.39, 0.29) is 0 Å². The van der Waals surface area contributed by atoms with Gasteiger partial charge in [-0.3, -0.25) is 9.68 Å². The fraction of sp³-hybridized carbons (Fsp3) is 0.750. The quantitative estimate of drug-likeness (QED) is 0.259. The first-order valence-corrected chi connectivity index (χ1v) is 8.46. The summed E-state index contributed by atoms with van der Waals surface area (Å²) in [4.78, 5) is 31.9. The van der Waals surface area contributed by atoms with E-state index in [0.717, 1.165) is 49.9 Å². The van der Waals surface area contributed by atoms with Gasteiger partial charge >= 0.3 is 12.2 Å². The van der Waals surface area contributed by atoms with E-state index in [0.29, 0.717) is 13.1 Å². The third kappa shape index (κ3) is 13.5. The van der Waals surface area contributed by atoms with Crippen LogP contribution in [0.1, 0.15) is 66.2 Å². The molecule has 0 saturated heterocycles. The van der Waals surface area contributed by atoms with Gasteiger partial charge in [0.15, 0.2) is 0 Å². The van der Waals surface area contributed by atoms with Crippen molar-refractivity contribution in [1.82, 2.24) is 10.6 Å². The molecule has 0 radical (unpaired) electrons. The Morgan fingerprint density at radius 3 is 1.46 bits per heavy atom. The number of hydrogen-bond acceptors (Lipinski definition) is 6. The van der Waals surface area contributed by atoms with Crippen LogP contribution in [0.2, 0.25) is 0 Å². The molecule has 0 bridgehead atoms. The van der Waals surface area contributed by atoms with Gasteiger partial charge in [-0.05, 0) is 39.5 Å². The summed E-state index contributed by atoms with van der Waals surface area (Å²) in [6, 6.07) is 0. The molecule has 8 nitrogen and oxygen atoms in total. The zero-order valence-electron chi connectivity index (χ0n) is 15.2. The first kappa shape index (κ1) is 21.9. The molecular formula is C16H30N4O4. The highest BCUT2D eigenvalue weighted by Gasteiger charge is 2.02. The van der Waals surface area contributed by atoms with Crippen molar-refractivity contribution >= 4 is 23.6 Å². The minimum Gasteiger partial charge on any atom is -0.320 e. The summed E-state index contributed by atoms with van der Waals surface area (Å²) in [5, 5.41) is 12.6. The highest BCUT2D eigenvalue weighted by Crippen LogP contribution is 1.98. The van der Waals surface area contributed by atoms with E-state index < -0.39 is 12.2 Å². The molecule has 2 N–H and O–H groups in total. The number of amides is 2. The van der Waals surface area contributed by atoms with Gasteiger partial charge in [-0.2, -0.15) is 0 Å². The molecule has 0 aliphatic heterocycles. The topological polar surface area (TPSA) is 101 Å². The number of nitrogens with zero attached hydrogens (tertiary/aromatic N) is 2. The number of hydrogen-bond donors (Lipinski definition) is 2. The minimum atomic E-state index is -0.532. The van der Waals surface area contributed by atoms with Gasteiger partial charge in [0.1, 0.15) is 0 Å². The predicted octanol–water partition coefficient (Wildman–Crippen LogP) is 3.57. The summed E-state index contributed by atoms with van der Waals surface area (Å²) in [7, 11) is 0. The molecule has 0 rings (SSSR count). The van der Waals surface area contributed by atoms with Gasteiger partial charge in [0.25, 0.3) is 0 Å². The Labute approximate surface area is 144 Å². The van der Waals surface area contributed by atoms with Crippen molar-refractivity contribution in [3.63, 3.8) is 0 Å². The number of nitrogens with one attached hydrogen (secondary N) is 2. The largest absolute Gasteiger partial charge is 0.433 e. The normalized spacial score (nSPS) is 11.8. The van der Waals surface area contributed by atoms with Crippen molar-refractivity contribution in [1.29, 1.82) is 0 Å². The Bertz CT molecular complexity index is 396. The van der Waals surface area contributed by atoms with Gasteiger partial charge in [0.05, 0.1) is 11.4 Å². The van der Waals surface area contributed by atoms with Crippen LogP contribution < -0.4 is 10.6 Å². The SMILES string of the molecule is CC/C(C)=N\OC(=O)NCCCCCCNC(=O)O/N=C(\C)CC. The van der Waals surface area contributed by atoms with E-state index in [1.165, 1.54) is 0 Å². The van der Waals surface area contributed by atoms with Crippen LogP contribution in [0.25, 0.3) is 0 Å². The molecule has 0 aromatic heterocycles. The summed E-state index contributed by atoms with van der Waals surface area (Å²) >= 11 is 0. The molecule has 138 valence electrons. The zero-order valence-corrected chi connectivity index (χ0v) is 15.2. The number of carbonyl (C=O) groups is 2. The van der Waals surface area contributed by atoms with E-state index in [4.69, 9.17) is 0 Å². The van der Waals surface area contributed by atoms with Gasteiger partial charge < -0.3 is 10.6 Å². The monoisotopic (exact) mass is 342 g/mol. The Morgan fingerprint density at radius 1 is 0.750 bits per heavy atom. The number of oxime groups is 2.